The minimum absolute atomic E-state index is 0.170. The molecule has 156 valence electrons. The largest absolute Gasteiger partial charge is 0.454 e. The zero-order valence-electron chi connectivity index (χ0n) is 16.8. The van der Waals surface area contributed by atoms with Crippen molar-refractivity contribution >= 4 is 29.1 Å². The smallest absolute Gasteiger partial charge is 0.231 e. The van der Waals surface area contributed by atoms with Crippen LogP contribution in [-0.2, 0) is 17.8 Å². The molecule has 0 N–H and O–H groups in total. The molecule has 0 spiro atoms. The van der Waals surface area contributed by atoms with Crippen molar-refractivity contribution in [2.75, 3.05) is 13.3 Å². The first-order valence-electron chi connectivity index (χ1n) is 10.2. The van der Waals surface area contributed by atoms with Gasteiger partial charge < -0.3 is 14.4 Å². The van der Waals surface area contributed by atoms with Crippen LogP contribution >= 0.6 is 23.2 Å². The summed E-state index contributed by atoms with van der Waals surface area (Å²) in [6.07, 6.45) is 5.58. The molecular formula is C23H27Cl2NO3. The van der Waals surface area contributed by atoms with E-state index in [2.05, 4.69) is 6.92 Å². The molecule has 0 fully saturated rings. The summed E-state index contributed by atoms with van der Waals surface area (Å²) in [6.45, 7) is 3.55. The van der Waals surface area contributed by atoms with Crippen LogP contribution in [0.25, 0.3) is 0 Å². The molecule has 2 aromatic rings. The number of carbonyl (C=O) groups is 1. The molecule has 29 heavy (non-hydrogen) atoms. The number of benzene rings is 2. The van der Waals surface area contributed by atoms with Gasteiger partial charge in [0.1, 0.15) is 0 Å². The first kappa shape index (κ1) is 21.8. The fourth-order valence-electron chi connectivity index (χ4n) is 3.39. The Hall–Kier alpha value is -1.91. The molecule has 3 rings (SSSR count). The number of rotatable bonds is 10. The quantitative estimate of drug-likeness (QED) is 0.413. The van der Waals surface area contributed by atoms with Gasteiger partial charge in [0.2, 0.25) is 12.7 Å². The Bertz CT molecular complexity index is 841. The lowest BCUT2D eigenvalue weighted by Gasteiger charge is -2.23. The zero-order valence-corrected chi connectivity index (χ0v) is 18.3. The first-order chi connectivity index (χ1) is 14.1. The Morgan fingerprint density at radius 3 is 2.66 bits per heavy atom. The molecule has 0 unspecified atom stereocenters. The van der Waals surface area contributed by atoms with Gasteiger partial charge in [-0.1, -0.05) is 61.5 Å². The minimum Gasteiger partial charge on any atom is -0.454 e. The van der Waals surface area contributed by atoms with E-state index in [4.69, 9.17) is 32.7 Å². The number of unbranched alkanes of at least 4 members (excludes halogenated alkanes) is 3. The fraction of sp³-hybridized carbons (Fsp3) is 0.435. The van der Waals surface area contributed by atoms with E-state index in [-0.39, 0.29) is 12.7 Å². The third-order valence-corrected chi connectivity index (χ3v) is 5.66. The highest BCUT2D eigenvalue weighted by Gasteiger charge is 2.18. The van der Waals surface area contributed by atoms with E-state index in [1.165, 1.54) is 0 Å². The maximum atomic E-state index is 12.9. The van der Waals surface area contributed by atoms with E-state index in [9.17, 15) is 4.79 Å². The second kappa shape index (κ2) is 10.7. The molecule has 0 bridgehead atoms. The van der Waals surface area contributed by atoms with Crippen molar-refractivity contribution in [1.29, 1.82) is 0 Å². The summed E-state index contributed by atoms with van der Waals surface area (Å²) in [6, 6.07) is 11.3. The Kier molecular flexibility index (Phi) is 8.08. The van der Waals surface area contributed by atoms with Gasteiger partial charge in [-0.05, 0) is 48.2 Å². The number of nitrogens with zero attached hydrogens (tertiary/aromatic N) is 1. The van der Waals surface area contributed by atoms with Gasteiger partial charge in [0.15, 0.2) is 11.5 Å². The highest BCUT2D eigenvalue weighted by atomic mass is 35.5. The number of ether oxygens (including phenoxy) is 2. The third-order valence-electron chi connectivity index (χ3n) is 5.07. The van der Waals surface area contributed by atoms with Crippen molar-refractivity contribution in [3.63, 3.8) is 0 Å². The van der Waals surface area contributed by atoms with Gasteiger partial charge in [0.05, 0.1) is 0 Å². The van der Waals surface area contributed by atoms with Crippen LogP contribution in [0, 0.1) is 0 Å². The summed E-state index contributed by atoms with van der Waals surface area (Å²) in [5, 5.41) is 1.25. The fourth-order valence-corrected chi connectivity index (χ4v) is 3.90. The molecule has 1 aliphatic heterocycles. The molecule has 0 aliphatic carbocycles. The Morgan fingerprint density at radius 1 is 1.03 bits per heavy atom. The SMILES string of the molecule is CCCCCCC(=O)N(CCc1ccc(Cl)cc1Cl)Cc1ccc2c(c1)OCO2. The average molecular weight is 436 g/mol. The molecular weight excluding hydrogens is 409 g/mol. The maximum absolute atomic E-state index is 12.9. The lowest BCUT2D eigenvalue weighted by molar-refractivity contribution is -0.131. The van der Waals surface area contributed by atoms with Gasteiger partial charge in [-0.15, -0.1) is 0 Å². The predicted octanol–water partition coefficient (Wildman–Crippen LogP) is 6.26. The van der Waals surface area contributed by atoms with Crippen LogP contribution in [0.3, 0.4) is 0 Å². The Labute approximate surface area is 182 Å². The van der Waals surface area contributed by atoms with Gasteiger partial charge >= 0.3 is 0 Å². The van der Waals surface area contributed by atoms with Crippen molar-refractivity contribution in [3.05, 3.63) is 57.6 Å². The molecule has 1 heterocycles. The summed E-state index contributed by atoms with van der Waals surface area (Å²) < 4.78 is 10.9. The molecule has 0 atom stereocenters. The average Bonchev–Trinajstić information content (AvgIpc) is 3.17. The van der Waals surface area contributed by atoms with Crippen molar-refractivity contribution in [3.8, 4) is 11.5 Å². The highest BCUT2D eigenvalue weighted by molar-refractivity contribution is 6.35. The molecule has 2 aromatic carbocycles. The summed E-state index contributed by atoms with van der Waals surface area (Å²) in [5.74, 6) is 1.65. The van der Waals surface area contributed by atoms with Crippen molar-refractivity contribution in [2.24, 2.45) is 0 Å². The Balaban J connectivity index is 1.67. The van der Waals surface area contributed by atoms with Gasteiger partial charge in [0.25, 0.3) is 0 Å². The number of fused-ring (bicyclic) bond motifs is 1. The van der Waals surface area contributed by atoms with E-state index in [1.807, 2.05) is 35.2 Å². The van der Waals surface area contributed by atoms with Gasteiger partial charge in [-0.25, -0.2) is 0 Å². The second-order valence-electron chi connectivity index (χ2n) is 7.30. The molecule has 1 amide bonds. The Morgan fingerprint density at radius 2 is 1.86 bits per heavy atom. The maximum Gasteiger partial charge on any atom is 0.231 e. The summed E-state index contributed by atoms with van der Waals surface area (Å²) in [5.41, 5.74) is 2.02. The van der Waals surface area contributed by atoms with Crippen LogP contribution in [0.5, 0.6) is 11.5 Å². The van der Waals surface area contributed by atoms with E-state index in [1.54, 1.807) is 6.07 Å². The van der Waals surface area contributed by atoms with E-state index in [0.29, 0.717) is 36.0 Å². The molecule has 1 aliphatic rings. The molecule has 4 nitrogen and oxygen atoms in total. The molecule has 6 heteroatoms. The van der Waals surface area contributed by atoms with Crippen LogP contribution in [0.4, 0.5) is 0 Å². The highest BCUT2D eigenvalue weighted by Crippen LogP contribution is 2.33. The van der Waals surface area contributed by atoms with E-state index < -0.39 is 0 Å². The summed E-state index contributed by atoms with van der Waals surface area (Å²) in [7, 11) is 0. The van der Waals surface area contributed by atoms with Crippen molar-refractivity contribution in [1.82, 2.24) is 4.90 Å². The predicted molar refractivity (Wildman–Crippen MR) is 117 cm³/mol. The lowest BCUT2D eigenvalue weighted by atomic mass is 10.1. The van der Waals surface area contributed by atoms with Crippen LogP contribution in [0.1, 0.15) is 50.2 Å². The van der Waals surface area contributed by atoms with Crippen molar-refractivity contribution in [2.45, 2.75) is 52.0 Å². The third kappa shape index (κ3) is 6.28. The normalized spacial score (nSPS) is 12.2. The van der Waals surface area contributed by atoms with Crippen LogP contribution in [-0.4, -0.2) is 24.1 Å². The summed E-state index contributed by atoms with van der Waals surface area (Å²) >= 11 is 12.3. The van der Waals surface area contributed by atoms with E-state index >= 15 is 0 Å². The number of hydrogen-bond donors (Lipinski definition) is 0. The zero-order chi connectivity index (χ0) is 20.6. The van der Waals surface area contributed by atoms with Crippen LogP contribution < -0.4 is 9.47 Å². The molecule has 0 aromatic heterocycles. The molecule has 0 saturated carbocycles. The topological polar surface area (TPSA) is 38.8 Å². The second-order valence-corrected chi connectivity index (χ2v) is 8.14. The molecule has 0 radical (unpaired) electrons. The van der Waals surface area contributed by atoms with Crippen LogP contribution in [0.15, 0.2) is 36.4 Å². The number of hydrogen-bond acceptors (Lipinski definition) is 3. The number of halogens is 2. The van der Waals surface area contributed by atoms with Gasteiger partial charge in [-0.2, -0.15) is 0 Å². The van der Waals surface area contributed by atoms with Crippen molar-refractivity contribution < 1.29 is 14.3 Å². The summed E-state index contributed by atoms with van der Waals surface area (Å²) in [4.78, 5) is 14.8. The monoisotopic (exact) mass is 435 g/mol. The lowest BCUT2D eigenvalue weighted by Crippen LogP contribution is -2.32. The standard InChI is InChI=1S/C23H27Cl2NO3/c1-2-3-4-5-6-23(27)26(12-11-18-8-9-19(24)14-20(18)25)15-17-7-10-21-22(13-17)29-16-28-21/h7-10,13-14H,2-6,11-12,15-16H2,1H3. The van der Waals surface area contributed by atoms with Gasteiger partial charge in [0, 0.05) is 29.6 Å². The number of amides is 1. The molecule has 0 saturated heterocycles. The van der Waals surface area contributed by atoms with Gasteiger partial charge in [-0.3, -0.25) is 4.79 Å². The van der Waals surface area contributed by atoms with E-state index in [0.717, 1.165) is 48.3 Å². The number of carbonyl (C=O) groups excluding carboxylic acids is 1. The first-order valence-corrected chi connectivity index (χ1v) is 10.9. The van der Waals surface area contributed by atoms with Crippen LogP contribution in [0.2, 0.25) is 10.0 Å². The minimum atomic E-state index is 0.170.